The molecule has 0 bridgehead atoms. The summed E-state index contributed by atoms with van der Waals surface area (Å²) in [6, 6.07) is 3.94. The lowest BCUT2D eigenvalue weighted by Crippen LogP contribution is -2.50. The standard InChI is InChI=1S/C26H31N7O2.C2H6/c1-16(2)19-14-27-15-20-21(19)24(32-10-12-33(13-11-32)25(34)35-26(3,4)5)31-23(30-20)18-7-9-29-22-17(18)6-8-28-22;1-2/h6-9,14-16H,10-13H2,1-5H3,(H,28,29);1-2H3. The van der Waals surface area contributed by atoms with Crippen LogP contribution in [0.15, 0.2) is 36.9 Å². The molecule has 1 fully saturated rings. The van der Waals surface area contributed by atoms with Crippen molar-refractivity contribution in [2.75, 3.05) is 31.1 Å². The second-order valence-corrected chi connectivity index (χ2v) is 10.2. The Bertz CT molecular complexity index is 1380. The van der Waals surface area contributed by atoms with Crippen LogP contribution in [-0.4, -0.2) is 67.7 Å². The highest BCUT2D eigenvalue weighted by Gasteiger charge is 2.28. The summed E-state index contributed by atoms with van der Waals surface area (Å²) in [7, 11) is 0. The molecule has 1 aliphatic rings. The van der Waals surface area contributed by atoms with Gasteiger partial charge in [0.1, 0.15) is 17.1 Å². The van der Waals surface area contributed by atoms with Crippen molar-refractivity contribution in [3.05, 3.63) is 42.5 Å². The summed E-state index contributed by atoms with van der Waals surface area (Å²) in [6.07, 6.45) is 7.08. The molecule has 9 heteroatoms. The van der Waals surface area contributed by atoms with Crippen LogP contribution in [0.5, 0.6) is 0 Å². The van der Waals surface area contributed by atoms with Crippen LogP contribution >= 0.6 is 0 Å². The second kappa shape index (κ2) is 10.7. The molecule has 0 aliphatic carbocycles. The van der Waals surface area contributed by atoms with E-state index in [-0.39, 0.29) is 12.0 Å². The van der Waals surface area contributed by atoms with Crippen LogP contribution in [0, 0.1) is 0 Å². The maximum absolute atomic E-state index is 12.6. The number of rotatable bonds is 3. The van der Waals surface area contributed by atoms with Crippen LogP contribution in [0.3, 0.4) is 0 Å². The van der Waals surface area contributed by atoms with E-state index >= 15 is 0 Å². The van der Waals surface area contributed by atoms with Crippen molar-refractivity contribution in [1.29, 1.82) is 0 Å². The van der Waals surface area contributed by atoms with Crippen LogP contribution in [0.2, 0.25) is 0 Å². The topological polar surface area (TPSA) is 100 Å². The number of amides is 1. The van der Waals surface area contributed by atoms with Gasteiger partial charge < -0.3 is 19.5 Å². The van der Waals surface area contributed by atoms with E-state index < -0.39 is 5.60 Å². The molecule has 196 valence electrons. The van der Waals surface area contributed by atoms with Crippen LogP contribution in [0.25, 0.3) is 33.3 Å². The minimum atomic E-state index is -0.515. The van der Waals surface area contributed by atoms with E-state index in [1.165, 1.54) is 0 Å². The first-order valence-corrected chi connectivity index (χ1v) is 13.0. The molecule has 5 heterocycles. The van der Waals surface area contributed by atoms with Crippen LogP contribution < -0.4 is 4.90 Å². The van der Waals surface area contributed by atoms with E-state index in [0.29, 0.717) is 32.0 Å². The molecule has 1 saturated heterocycles. The number of fused-ring (bicyclic) bond motifs is 2. The summed E-state index contributed by atoms with van der Waals surface area (Å²) in [6.45, 7) is 16.4. The van der Waals surface area contributed by atoms with E-state index in [0.717, 1.165) is 38.9 Å². The molecule has 4 aromatic rings. The maximum atomic E-state index is 12.6. The third-order valence-corrected chi connectivity index (χ3v) is 6.17. The van der Waals surface area contributed by atoms with E-state index in [1.807, 2.05) is 65.3 Å². The first kappa shape index (κ1) is 26.3. The molecule has 1 amide bonds. The lowest BCUT2D eigenvalue weighted by atomic mass is 10.0. The third kappa shape index (κ3) is 5.50. The molecular formula is C28H37N7O2. The largest absolute Gasteiger partial charge is 0.444 e. The Kier molecular flexibility index (Phi) is 7.61. The summed E-state index contributed by atoms with van der Waals surface area (Å²) in [4.78, 5) is 38.7. The zero-order valence-electron chi connectivity index (χ0n) is 22.9. The molecule has 9 nitrogen and oxygen atoms in total. The quantitative estimate of drug-likeness (QED) is 0.378. The molecule has 1 aliphatic heterocycles. The Hall–Kier alpha value is -3.75. The zero-order valence-corrected chi connectivity index (χ0v) is 22.9. The number of carbonyl (C=O) groups excluding carboxylic acids is 1. The van der Waals surface area contributed by atoms with Gasteiger partial charge in [0.25, 0.3) is 0 Å². The number of anilines is 1. The molecule has 37 heavy (non-hydrogen) atoms. The predicted molar refractivity (Wildman–Crippen MR) is 148 cm³/mol. The number of nitrogens with zero attached hydrogens (tertiary/aromatic N) is 6. The van der Waals surface area contributed by atoms with Gasteiger partial charge in [-0.3, -0.25) is 4.98 Å². The molecular weight excluding hydrogens is 466 g/mol. The zero-order chi connectivity index (χ0) is 26.7. The number of aromatic amines is 1. The molecule has 0 aromatic carbocycles. The SMILES string of the molecule is CC.CC(C)c1cncc2nc(-c3ccnc4[nH]ccc34)nc(N3CCN(C(=O)OC(C)(C)C)CC3)c12. The van der Waals surface area contributed by atoms with Gasteiger partial charge in [0.15, 0.2) is 5.82 Å². The molecule has 0 atom stereocenters. The molecule has 0 unspecified atom stereocenters. The Balaban J connectivity index is 0.00000156. The van der Waals surface area contributed by atoms with Gasteiger partial charge in [-0.05, 0) is 44.4 Å². The average Bonchev–Trinajstić information content (AvgIpc) is 3.37. The molecule has 0 saturated carbocycles. The van der Waals surface area contributed by atoms with Crippen molar-refractivity contribution < 1.29 is 9.53 Å². The van der Waals surface area contributed by atoms with Crippen LogP contribution in [0.1, 0.15) is 59.9 Å². The minimum Gasteiger partial charge on any atom is -0.444 e. The van der Waals surface area contributed by atoms with Gasteiger partial charge in [-0.1, -0.05) is 27.7 Å². The van der Waals surface area contributed by atoms with Crippen molar-refractivity contribution in [2.24, 2.45) is 0 Å². The van der Waals surface area contributed by atoms with Gasteiger partial charge in [0.05, 0.1) is 11.7 Å². The number of ether oxygens (including phenoxy) is 1. The molecule has 5 rings (SSSR count). The first-order valence-electron chi connectivity index (χ1n) is 13.0. The van der Waals surface area contributed by atoms with Crippen molar-refractivity contribution >= 4 is 33.8 Å². The number of piperazine rings is 1. The molecule has 1 N–H and O–H groups in total. The Morgan fingerprint density at radius 1 is 1.05 bits per heavy atom. The number of pyridine rings is 2. The minimum absolute atomic E-state index is 0.264. The molecule has 0 spiro atoms. The van der Waals surface area contributed by atoms with E-state index in [4.69, 9.17) is 14.7 Å². The third-order valence-electron chi connectivity index (χ3n) is 6.17. The predicted octanol–water partition coefficient (Wildman–Crippen LogP) is 5.77. The Morgan fingerprint density at radius 2 is 1.78 bits per heavy atom. The summed E-state index contributed by atoms with van der Waals surface area (Å²) in [5, 5.41) is 1.99. The summed E-state index contributed by atoms with van der Waals surface area (Å²) in [5.74, 6) is 1.77. The van der Waals surface area contributed by atoms with Gasteiger partial charge in [0.2, 0.25) is 0 Å². The molecule has 4 aromatic heterocycles. The van der Waals surface area contributed by atoms with Crippen molar-refractivity contribution in [2.45, 2.75) is 60.0 Å². The smallest absolute Gasteiger partial charge is 0.410 e. The highest BCUT2D eigenvalue weighted by atomic mass is 16.6. The van der Waals surface area contributed by atoms with Crippen LogP contribution in [-0.2, 0) is 4.74 Å². The number of aromatic nitrogens is 5. The number of nitrogens with one attached hydrogen (secondary N) is 1. The number of hydrogen-bond acceptors (Lipinski definition) is 7. The fourth-order valence-electron chi connectivity index (χ4n) is 4.46. The maximum Gasteiger partial charge on any atom is 0.410 e. The van der Waals surface area contributed by atoms with Gasteiger partial charge in [-0.25, -0.2) is 19.7 Å². The van der Waals surface area contributed by atoms with Crippen LogP contribution in [0.4, 0.5) is 10.6 Å². The highest BCUT2D eigenvalue weighted by molar-refractivity contribution is 5.97. The lowest BCUT2D eigenvalue weighted by Gasteiger charge is -2.36. The Morgan fingerprint density at radius 3 is 2.46 bits per heavy atom. The molecule has 0 radical (unpaired) electrons. The van der Waals surface area contributed by atoms with Gasteiger partial charge in [-0.2, -0.15) is 0 Å². The monoisotopic (exact) mass is 503 g/mol. The lowest BCUT2D eigenvalue weighted by molar-refractivity contribution is 0.0240. The fourth-order valence-corrected chi connectivity index (χ4v) is 4.46. The normalized spacial score (nSPS) is 14.2. The Labute approximate surface area is 218 Å². The fraction of sp³-hybridized carbons (Fsp3) is 0.464. The van der Waals surface area contributed by atoms with Crippen molar-refractivity contribution in [1.82, 2.24) is 29.8 Å². The second-order valence-electron chi connectivity index (χ2n) is 10.2. The van der Waals surface area contributed by atoms with Crippen molar-refractivity contribution in [3.8, 4) is 11.4 Å². The summed E-state index contributed by atoms with van der Waals surface area (Å²) >= 11 is 0. The van der Waals surface area contributed by atoms with Gasteiger partial charge in [0, 0.05) is 61.1 Å². The highest BCUT2D eigenvalue weighted by Crippen LogP contribution is 2.35. The number of hydrogen-bond donors (Lipinski definition) is 1. The van der Waals surface area contributed by atoms with E-state index in [2.05, 4.69) is 33.7 Å². The average molecular weight is 504 g/mol. The first-order chi connectivity index (χ1) is 17.7. The van der Waals surface area contributed by atoms with E-state index in [1.54, 1.807) is 11.1 Å². The number of carbonyl (C=O) groups is 1. The summed E-state index contributed by atoms with van der Waals surface area (Å²) in [5.41, 5.74) is 3.13. The number of H-pyrrole nitrogens is 1. The van der Waals surface area contributed by atoms with Gasteiger partial charge in [-0.15, -0.1) is 0 Å². The van der Waals surface area contributed by atoms with Crippen molar-refractivity contribution in [3.63, 3.8) is 0 Å². The van der Waals surface area contributed by atoms with E-state index in [9.17, 15) is 4.79 Å². The van der Waals surface area contributed by atoms with Gasteiger partial charge >= 0.3 is 6.09 Å². The summed E-state index contributed by atoms with van der Waals surface area (Å²) < 4.78 is 5.57.